The number of alkyl halides is 1. The summed E-state index contributed by atoms with van der Waals surface area (Å²) in [6.07, 6.45) is 0. The summed E-state index contributed by atoms with van der Waals surface area (Å²) in [4.78, 5) is 1.11. The second kappa shape index (κ2) is 6.67. The molecule has 0 aliphatic rings. The molecule has 0 aliphatic carbocycles. The number of ether oxygens (including phenoxy) is 1. The minimum absolute atomic E-state index is 0.0176. The van der Waals surface area contributed by atoms with Gasteiger partial charge in [0.2, 0.25) is 0 Å². The van der Waals surface area contributed by atoms with Crippen LogP contribution < -0.4 is 4.74 Å². The largest absolute Gasteiger partial charge is 0.495 e. The van der Waals surface area contributed by atoms with Crippen LogP contribution in [0, 0.1) is 0 Å². The van der Waals surface area contributed by atoms with Crippen molar-refractivity contribution < 1.29 is 4.74 Å². The van der Waals surface area contributed by atoms with Gasteiger partial charge in [0, 0.05) is 20.4 Å². The normalized spacial score (nSPS) is 12.5. The van der Waals surface area contributed by atoms with Crippen molar-refractivity contribution in [3.8, 4) is 5.75 Å². The summed E-state index contributed by atoms with van der Waals surface area (Å²) >= 11 is 24.7. The molecule has 7 heteroatoms. The SMILES string of the molecule is COc1cc(Cl)c(C(Br)c2cc(Br)c(Br)s2)cc1Cl. The Balaban J connectivity index is 2.44. The van der Waals surface area contributed by atoms with E-state index in [2.05, 4.69) is 47.8 Å². The van der Waals surface area contributed by atoms with Crippen molar-refractivity contribution in [2.24, 2.45) is 0 Å². The molecular formula is C12H7Br3Cl2OS. The van der Waals surface area contributed by atoms with Gasteiger partial charge in [-0.2, -0.15) is 0 Å². The van der Waals surface area contributed by atoms with E-state index >= 15 is 0 Å². The minimum Gasteiger partial charge on any atom is -0.495 e. The number of thiophene rings is 1. The lowest BCUT2D eigenvalue weighted by atomic mass is 10.1. The number of rotatable bonds is 3. The zero-order chi connectivity index (χ0) is 14.2. The molecular weight excluding hydrogens is 503 g/mol. The van der Waals surface area contributed by atoms with E-state index in [0.717, 1.165) is 18.7 Å². The average Bonchev–Trinajstić information content (AvgIpc) is 2.71. The predicted molar refractivity (Wildman–Crippen MR) is 93.5 cm³/mol. The molecule has 2 rings (SSSR count). The summed E-state index contributed by atoms with van der Waals surface area (Å²) in [7, 11) is 1.57. The molecule has 1 heterocycles. The molecule has 0 bridgehead atoms. The molecule has 0 fully saturated rings. The molecule has 102 valence electrons. The zero-order valence-corrected chi connectivity index (χ0v) is 16.6. The van der Waals surface area contributed by atoms with E-state index in [0.29, 0.717) is 15.8 Å². The van der Waals surface area contributed by atoms with Gasteiger partial charge in [-0.1, -0.05) is 39.1 Å². The molecule has 0 saturated heterocycles. The highest BCUT2D eigenvalue weighted by molar-refractivity contribution is 9.13. The van der Waals surface area contributed by atoms with Crippen LogP contribution in [0.4, 0.5) is 0 Å². The van der Waals surface area contributed by atoms with Crippen molar-refractivity contribution in [3.05, 3.63) is 46.9 Å². The van der Waals surface area contributed by atoms with Crippen molar-refractivity contribution in [3.63, 3.8) is 0 Å². The lowest BCUT2D eigenvalue weighted by Crippen LogP contribution is -1.93. The van der Waals surface area contributed by atoms with Crippen molar-refractivity contribution in [2.75, 3.05) is 7.11 Å². The van der Waals surface area contributed by atoms with Gasteiger partial charge in [0.05, 0.1) is 20.7 Å². The molecule has 0 N–H and O–H groups in total. The van der Waals surface area contributed by atoms with Gasteiger partial charge in [-0.25, -0.2) is 0 Å². The minimum atomic E-state index is -0.0176. The predicted octanol–water partition coefficient (Wildman–Crippen LogP) is 7.07. The van der Waals surface area contributed by atoms with Gasteiger partial charge in [0.25, 0.3) is 0 Å². The number of halogens is 5. The van der Waals surface area contributed by atoms with Gasteiger partial charge in [0.15, 0.2) is 0 Å². The average molecular weight is 510 g/mol. The van der Waals surface area contributed by atoms with Gasteiger partial charge in [-0.15, -0.1) is 11.3 Å². The van der Waals surface area contributed by atoms with Crippen molar-refractivity contribution in [1.82, 2.24) is 0 Å². The first-order valence-corrected chi connectivity index (χ1v) is 9.13. The van der Waals surface area contributed by atoms with E-state index in [1.54, 1.807) is 24.5 Å². The monoisotopic (exact) mass is 506 g/mol. The van der Waals surface area contributed by atoms with Crippen LogP contribution in [-0.2, 0) is 0 Å². The molecule has 1 atom stereocenters. The van der Waals surface area contributed by atoms with Crippen LogP contribution in [-0.4, -0.2) is 7.11 Å². The number of hydrogen-bond acceptors (Lipinski definition) is 2. The first kappa shape index (κ1) is 16.1. The fraction of sp³-hybridized carbons (Fsp3) is 0.167. The number of hydrogen-bond donors (Lipinski definition) is 0. The molecule has 1 nitrogen and oxygen atoms in total. The quantitative estimate of drug-likeness (QED) is 0.402. The molecule has 2 aromatic rings. The summed E-state index contributed by atoms with van der Waals surface area (Å²) in [6, 6.07) is 5.59. The maximum absolute atomic E-state index is 6.28. The molecule has 0 radical (unpaired) electrons. The fourth-order valence-corrected chi connectivity index (χ4v) is 5.06. The van der Waals surface area contributed by atoms with Crippen LogP contribution in [0.25, 0.3) is 0 Å². The van der Waals surface area contributed by atoms with Gasteiger partial charge in [0.1, 0.15) is 5.75 Å². The van der Waals surface area contributed by atoms with E-state index in [4.69, 9.17) is 27.9 Å². The highest BCUT2D eigenvalue weighted by Gasteiger charge is 2.19. The van der Waals surface area contributed by atoms with Gasteiger partial charge >= 0.3 is 0 Å². The maximum Gasteiger partial charge on any atom is 0.138 e. The topological polar surface area (TPSA) is 9.23 Å². The molecule has 0 spiro atoms. The molecule has 1 aromatic carbocycles. The molecule has 0 aliphatic heterocycles. The summed E-state index contributed by atoms with van der Waals surface area (Å²) in [5.41, 5.74) is 0.911. The van der Waals surface area contributed by atoms with Crippen LogP contribution in [0.15, 0.2) is 26.5 Å². The second-order valence-corrected chi connectivity index (χ2v) is 8.63. The van der Waals surface area contributed by atoms with E-state index in [-0.39, 0.29) is 4.83 Å². The van der Waals surface area contributed by atoms with E-state index in [1.807, 2.05) is 12.1 Å². The Labute approximate surface area is 150 Å². The third-order valence-electron chi connectivity index (χ3n) is 2.46. The fourth-order valence-electron chi connectivity index (χ4n) is 1.54. The van der Waals surface area contributed by atoms with Crippen LogP contribution >= 0.6 is 82.3 Å². The van der Waals surface area contributed by atoms with Gasteiger partial charge < -0.3 is 4.74 Å². The van der Waals surface area contributed by atoms with Gasteiger partial charge in [-0.05, 0) is 49.6 Å². The molecule has 0 saturated carbocycles. The summed E-state index contributed by atoms with van der Waals surface area (Å²) in [5, 5.41) is 1.16. The van der Waals surface area contributed by atoms with Crippen LogP contribution in [0.5, 0.6) is 5.75 Å². The Morgan fingerprint density at radius 3 is 2.37 bits per heavy atom. The summed E-state index contributed by atoms with van der Waals surface area (Å²) in [5.74, 6) is 0.573. The Bertz CT molecular complexity index is 596. The molecule has 1 aromatic heterocycles. The third kappa shape index (κ3) is 3.50. The number of benzene rings is 1. The highest BCUT2D eigenvalue weighted by Crippen LogP contribution is 2.45. The smallest absolute Gasteiger partial charge is 0.138 e. The van der Waals surface area contributed by atoms with Crippen molar-refractivity contribution in [2.45, 2.75) is 4.83 Å². The second-order valence-electron chi connectivity index (χ2n) is 3.64. The molecule has 1 unspecified atom stereocenters. The third-order valence-corrected chi connectivity index (χ3v) is 7.69. The van der Waals surface area contributed by atoms with Gasteiger partial charge in [-0.3, -0.25) is 0 Å². The molecule has 0 amide bonds. The molecule has 19 heavy (non-hydrogen) atoms. The Hall–Kier alpha value is 0.740. The van der Waals surface area contributed by atoms with Crippen LogP contribution in [0.1, 0.15) is 15.3 Å². The highest BCUT2D eigenvalue weighted by atomic mass is 79.9. The Morgan fingerprint density at radius 1 is 1.16 bits per heavy atom. The first-order chi connectivity index (χ1) is 8.93. The van der Waals surface area contributed by atoms with Crippen LogP contribution in [0.2, 0.25) is 10.0 Å². The first-order valence-electron chi connectivity index (χ1n) is 5.05. The summed E-state index contributed by atoms with van der Waals surface area (Å²) in [6.45, 7) is 0. The standard InChI is InChI=1S/C12H7Br3Cl2OS/c1-18-9-4-7(16)5(2-8(9)17)11(14)10-3-6(13)12(15)19-10/h2-4,11H,1H3. The lowest BCUT2D eigenvalue weighted by Gasteiger charge is -2.13. The zero-order valence-electron chi connectivity index (χ0n) is 9.52. The van der Waals surface area contributed by atoms with E-state index < -0.39 is 0 Å². The van der Waals surface area contributed by atoms with E-state index in [9.17, 15) is 0 Å². The Morgan fingerprint density at radius 2 is 1.84 bits per heavy atom. The van der Waals surface area contributed by atoms with E-state index in [1.165, 1.54) is 0 Å². The maximum atomic E-state index is 6.28. The van der Waals surface area contributed by atoms with Crippen molar-refractivity contribution >= 4 is 82.3 Å². The number of methoxy groups -OCH3 is 1. The van der Waals surface area contributed by atoms with Crippen molar-refractivity contribution in [1.29, 1.82) is 0 Å². The summed E-state index contributed by atoms with van der Waals surface area (Å²) < 4.78 is 7.21. The van der Waals surface area contributed by atoms with Crippen LogP contribution in [0.3, 0.4) is 0 Å². The lowest BCUT2D eigenvalue weighted by molar-refractivity contribution is 0.415. The Kier molecular flexibility index (Phi) is 5.66.